The molecule has 0 aliphatic heterocycles. The fourth-order valence-corrected chi connectivity index (χ4v) is 3.67. The zero-order valence-corrected chi connectivity index (χ0v) is 13.4. The summed E-state index contributed by atoms with van der Waals surface area (Å²) in [6.07, 6.45) is 5.41. The van der Waals surface area contributed by atoms with Crippen molar-refractivity contribution in [3.63, 3.8) is 0 Å². The van der Waals surface area contributed by atoms with Crippen molar-refractivity contribution in [2.45, 2.75) is 40.2 Å². The summed E-state index contributed by atoms with van der Waals surface area (Å²) in [7, 11) is 0. The molecule has 2 aromatic rings. The van der Waals surface area contributed by atoms with Crippen LogP contribution in [-0.4, -0.2) is 31.2 Å². The van der Waals surface area contributed by atoms with Crippen LogP contribution < -0.4 is 0 Å². The zero-order valence-electron chi connectivity index (χ0n) is 12.7. The highest BCUT2D eigenvalue weighted by molar-refractivity contribution is 6.33. The second kappa shape index (κ2) is 4.92. The maximum Gasteiger partial charge on any atom is 0.164 e. The number of fused-ring (bicyclic) bond motifs is 1. The van der Waals surface area contributed by atoms with Crippen molar-refractivity contribution in [2.24, 2.45) is 16.7 Å². The van der Waals surface area contributed by atoms with Crippen LogP contribution in [0.2, 0.25) is 5.15 Å². The number of nitrogens with zero attached hydrogens (tertiary/aromatic N) is 4. The molecule has 2 atom stereocenters. The summed E-state index contributed by atoms with van der Waals surface area (Å²) in [5.41, 5.74) is 1.47. The number of halogens is 1. The van der Waals surface area contributed by atoms with Crippen LogP contribution in [0.4, 0.5) is 0 Å². The van der Waals surface area contributed by atoms with Crippen molar-refractivity contribution in [1.82, 2.24) is 19.5 Å². The zero-order chi connectivity index (χ0) is 15.3. The maximum absolute atomic E-state index is 9.76. The average molecular weight is 309 g/mol. The summed E-state index contributed by atoms with van der Waals surface area (Å²) >= 11 is 6.05. The number of hydrogen-bond acceptors (Lipinski definition) is 4. The van der Waals surface area contributed by atoms with Crippen molar-refractivity contribution >= 4 is 22.8 Å². The highest BCUT2D eigenvalue weighted by Gasteiger charge is 2.50. The molecule has 1 fully saturated rings. The topological polar surface area (TPSA) is 63.8 Å². The van der Waals surface area contributed by atoms with E-state index in [-0.39, 0.29) is 17.4 Å². The summed E-state index contributed by atoms with van der Waals surface area (Å²) in [6, 6.07) is 0. The minimum atomic E-state index is -0.0271. The van der Waals surface area contributed by atoms with Crippen LogP contribution in [-0.2, 0) is 6.54 Å². The predicted molar refractivity (Wildman–Crippen MR) is 82.0 cm³/mol. The van der Waals surface area contributed by atoms with Gasteiger partial charge in [0.1, 0.15) is 11.8 Å². The van der Waals surface area contributed by atoms with Gasteiger partial charge in [-0.05, 0) is 29.6 Å². The molecule has 0 saturated heterocycles. The van der Waals surface area contributed by atoms with E-state index in [1.165, 1.54) is 6.33 Å². The quantitative estimate of drug-likeness (QED) is 0.886. The molecule has 0 spiro atoms. The first-order valence-electron chi connectivity index (χ1n) is 7.31. The molecule has 1 N–H and O–H groups in total. The van der Waals surface area contributed by atoms with Crippen LogP contribution in [0.1, 0.15) is 33.6 Å². The lowest BCUT2D eigenvalue weighted by Crippen LogP contribution is -2.38. The van der Waals surface area contributed by atoms with Crippen LogP contribution in [0.5, 0.6) is 0 Å². The van der Waals surface area contributed by atoms with E-state index in [0.717, 1.165) is 25.0 Å². The Hall–Kier alpha value is -1.20. The smallest absolute Gasteiger partial charge is 0.164 e. The van der Waals surface area contributed by atoms with E-state index in [1.807, 2.05) is 0 Å². The van der Waals surface area contributed by atoms with Gasteiger partial charge in [0.2, 0.25) is 0 Å². The SMILES string of the molecule is CC1(C)[C@@H](Cn2cnc3c(Cl)ncnc32)CC[C@@]1(C)CO. The van der Waals surface area contributed by atoms with Gasteiger partial charge in [0.25, 0.3) is 0 Å². The van der Waals surface area contributed by atoms with E-state index in [4.69, 9.17) is 11.6 Å². The van der Waals surface area contributed by atoms with Crippen LogP contribution in [0.25, 0.3) is 11.2 Å². The van der Waals surface area contributed by atoms with E-state index in [0.29, 0.717) is 16.6 Å². The Morgan fingerprint density at radius 3 is 2.76 bits per heavy atom. The van der Waals surface area contributed by atoms with Crippen LogP contribution in [0.15, 0.2) is 12.7 Å². The highest BCUT2D eigenvalue weighted by atomic mass is 35.5. The Bertz CT molecular complexity index is 669. The van der Waals surface area contributed by atoms with E-state index < -0.39 is 0 Å². The Balaban J connectivity index is 1.92. The average Bonchev–Trinajstić information content (AvgIpc) is 2.95. The molecule has 0 aromatic carbocycles. The van der Waals surface area contributed by atoms with Crippen LogP contribution >= 0.6 is 11.6 Å². The summed E-state index contributed by atoms with van der Waals surface area (Å²) in [6.45, 7) is 7.75. The predicted octanol–water partition coefficient (Wildman–Crippen LogP) is 2.91. The first-order valence-corrected chi connectivity index (χ1v) is 7.69. The van der Waals surface area contributed by atoms with Gasteiger partial charge in [-0.3, -0.25) is 0 Å². The third-order valence-electron chi connectivity index (χ3n) is 5.74. The lowest BCUT2D eigenvalue weighted by molar-refractivity contribution is 0.0218. The molecule has 3 rings (SSSR count). The van der Waals surface area contributed by atoms with Gasteiger partial charge in [-0.2, -0.15) is 0 Å². The van der Waals surface area contributed by atoms with E-state index in [1.54, 1.807) is 6.33 Å². The number of rotatable bonds is 3. The Morgan fingerprint density at radius 2 is 2.10 bits per heavy atom. The molecule has 0 radical (unpaired) electrons. The molecule has 1 aliphatic carbocycles. The number of hydrogen-bond donors (Lipinski definition) is 1. The molecular weight excluding hydrogens is 288 g/mol. The minimum absolute atomic E-state index is 0.0271. The Kier molecular flexibility index (Phi) is 3.45. The number of aliphatic hydroxyl groups excluding tert-OH is 1. The van der Waals surface area contributed by atoms with Gasteiger partial charge in [0, 0.05) is 13.2 Å². The van der Waals surface area contributed by atoms with E-state index in [2.05, 4.69) is 40.3 Å². The molecule has 2 heterocycles. The second-order valence-electron chi connectivity index (χ2n) is 6.91. The molecule has 0 unspecified atom stereocenters. The normalized spacial score (nSPS) is 28.3. The second-order valence-corrected chi connectivity index (χ2v) is 7.27. The molecule has 2 aromatic heterocycles. The van der Waals surface area contributed by atoms with Crippen molar-refractivity contribution in [3.05, 3.63) is 17.8 Å². The third kappa shape index (κ3) is 2.14. The largest absolute Gasteiger partial charge is 0.396 e. The third-order valence-corrected chi connectivity index (χ3v) is 6.02. The molecule has 21 heavy (non-hydrogen) atoms. The van der Waals surface area contributed by atoms with Gasteiger partial charge in [-0.25, -0.2) is 15.0 Å². The van der Waals surface area contributed by atoms with Gasteiger partial charge in [0.15, 0.2) is 10.8 Å². The number of aromatic nitrogens is 4. The van der Waals surface area contributed by atoms with Gasteiger partial charge in [-0.15, -0.1) is 0 Å². The number of imidazole rings is 1. The summed E-state index contributed by atoms with van der Waals surface area (Å²) in [5.74, 6) is 0.473. The fraction of sp³-hybridized carbons (Fsp3) is 0.667. The molecule has 0 bridgehead atoms. The number of aliphatic hydroxyl groups is 1. The Morgan fingerprint density at radius 1 is 1.33 bits per heavy atom. The standard InChI is InChI=1S/C15H21ClN4O/c1-14(2)10(4-5-15(14,3)7-21)6-20-9-19-11-12(16)17-8-18-13(11)20/h8-10,21H,4-7H2,1-3H3/t10-,15+/m1/s1. The lowest BCUT2D eigenvalue weighted by Gasteiger charge is -2.40. The molecule has 1 aliphatic rings. The van der Waals surface area contributed by atoms with E-state index in [9.17, 15) is 5.11 Å². The first-order chi connectivity index (χ1) is 9.89. The van der Waals surface area contributed by atoms with Crippen molar-refractivity contribution in [2.75, 3.05) is 6.61 Å². The molecule has 6 heteroatoms. The molecule has 114 valence electrons. The molecule has 5 nitrogen and oxygen atoms in total. The van der Waals surface area contributed by atoms with Crippen molar-refractivity contribution in [1.29, 1.82) is 0 Å². The summed E-state index contributed by atoms with van der Waals surface area (Å²) in [5, 5.41) is 10.1. The fourth-order valence-electron chi connectivity index (χ4n) is 3.49. The molecular formula is C15H21ClN4O. The van der Waals surface area contributed by atoms with Crippen LogP contribution in [0.3, 0.4) is 0 Å². The van der Waals surface area contributed by atoms with Gasteiger partial charge in [0.05, 0.1) is 6.33 Å². The van der Waals surface area contributed by atoms with Gasteiger partial charge in [-0.1, -0.05) is 32.4 Å². The van der Waals surface area contributed by atoms with Crippen molar-refractivity contribution < 1.29 is 5.11 Å². The van der Waals surface area contributed by atoms with Crippen molar-refractivity contribution in [3.8, 4) is 0 Å². The maximum atomic E-state index is 9.76. The lowest BCUT2D eigenvalue weighted by atomic mass is 9.66. The van der Waals surface area contributed by atoms with E-state index >= 15 is 0 Å². The summed E-state index contributed by atoms with van der Waals surface area (Å²) < 4.78 is 2.05. The summed E-state index contributed by atoms with van der Waals surface area (Å²) in [4.78, 5) is 12.6. The molecule has 1 saturated carbocycles. The highest BCUT2D eigenvalue weighted by Crippen LogP contribution is 2.56. The minimum Gasteiger partial charge on any atom is -0.396 e. The van der Waals surface area contributed by atoms with Crippen LogP contribution in [0, 0.1) is 16.7 Å². The monoisotopic (exact) mass is 308 g/mol. The van der Waals surface area contributed by atoms with Gasteiger partial charge < -0.3 is 9.67 Å². The first kappa shape index (κ1) is 14.7. The van der Waals surface area contributed by atoms with Gasteiger partial charge >= 0.3 is 0 Å². The molecule has 0 amide bonds. The Labute approximate surface area is 129 Å².